The van der Waals surface area contributed by atoms with E-state index in [0.717, 1.165) is 30.0 Å². The highest BCUT2D eigenvalue weighted by Crippen LogP contribution is 2.25. The average molecular weight is 286 g/mol. The third kappa shape index (κ3) is 4.18. The molecule has 1 heterocycles. The summed E-state index contributed by atoms with van der Waals surface area (Å²) in [5.41, 5.74) is 9.17. The zero-order valence-corrected chi connectivity index (χ0v) is 13.5. The molecule has 2 aromatic rings. The highest BCUT2D eigenvalue weighted by atomic mass is 16.5. The first-order valence-corrected chi connectivity index (χ1v) is 7.72. The number of rotatable bonds is 6. The van der Waals surface area contributed by atoms with Crippen molar-refractivity contribution < 1.29 is 4.74 Å². The molecule has 114 valence electrons. The molecule has 2 N–H and O–H groups in total. The molecule has 3 nitrogen and oxygen atoms in total. The van der Waals surface area contributed by atoms with Crippen LogP contribution < -0.4 is 10.5 Å². The minimum Gasteiger partial charge on any atom is -0.493 e. The number of hydrogen-bond donors (Lipinski definition) is 1. The van der Waals surface area contributed by atoms with E-state index < -0.39 is 0 Å². The lowest BCUT2D eigenvalue weighted by atomic mass is 9.97. The highest BCUT2D eigenvalue weighted by Gasteiger charge is 2.09. The van der Waals surface area contributed by atoms with Gasteiger partial charge in [-0.3, -0.25) is 4.98 Å². The van der Waals surface area contributed by atoms with Crippen LogP contribution in [0.5, 0.6) is 5.75 Å². The fraction of sp³-hybridized carbons (Fsp3) is 0.500. The van der Waals surface area contributed by atoms with E-state index >= 15 is 0 Å². The summed E-state index contributed by atoms with van der Waals surface area (Å²) in [4.78, 5) is 4.62. The van der Waals surface area contributed by atoms with Crippen LogP contribution in [0.3, 0.4) is 0 Å². The molecule has 1 aromatic heterocycles. The maximum atomic E-state index is 5.84. The highest BCUT2D eigenvalue weighted by molar-refractivity contribution is 5.84. The van der Waals surface area contributed by atoms with Crippen molar-refractivity contribution in [2.45, 2.75) is 34.1 Å². The van der Waals surface area contributed by atoms with E-state index in [1.807, 2.05) is 13.0 Å². The number of ether oxygens (including phenoxy) is 1. The molecule has 0 saturated heterocycles. The van der Waals surface area contributed by atoms with Crippen molar-refractivity contribution in [3.8, 4) is 5.75 Å². The second-order valence-electron chi connectivity index (χ2n) is 6.35. The van der Waals surface area contributed by atoms with Gasteiger partial charge < -0.3 is 10.5 Å². The fourth-order valence-corrected chi connectivity index (χ4v) is 2.40. The number of benzene rings is 1. The first-order chi connectivity index (χ1) is 9.99. The lowest BCUT2D eigenvalue weighted by Crippen LogP contribution is -2.13. The van der Waals surface area contributed by atoms with Crippen molar-refractivity contribution >= 4 is 10.9 Å². The van der Waals surface area contributed by atoms with Gasteiger partial charge in [-0.25, -0.2) is 0 Å². The first-order valence-electron chi connectivity index (χ1n) is 7.72. The topological polar surface area (TPSA) is 48.1 Å². The number of hydrogen-bond acceptors (Lipinski definition) is 3. The van der Waals surface area contributed by atoms with Crippen molar-refractivity contribution in [3.63, 3.8) is 0 Å². The summed E-state index contributed by atoms with van der Waals surface area (Å²) in [7, 11) is 0. The van der Waals surface area contributed by atoms with Gasteiger partial charge in [0.2, 0.25) is 0 Å². The van der Waals surface area contributed by atoms with Crippen LogP contribution in [0, 0.1) is 18.8 Å². The van der Waals surface area contributed by atoms with Gasteiger partial charge in [-0.2, -0.15) is 0 Å². The molecule has 3 heteroatoms. The van der Waals surface area contributed by atoms with E-state index in [-0.39, 0.29) is 0 Å². The zero-order valence-electron chi connectivity index (χ0n) is 13.5. The third-order valence-electron chi connectivity index (χ3n) is 3.55. The van der Waals surface area contributed by atoms with E-state index in [2.05, 4.69) is 44.0 Å². The summed E-state index contributed by atoms with van der Waals surface area (Å²) in [6, 6.07) is 8.34. The molecule has 2 rings (SSSR count). The molecular formula is C18H26N2O. The Bertz CT molecular complexity index is 607. The molecule has 0 saturated carbocycles. The monoisotopic (exact) mass is 286 g/mol. The van der Waals surface area contributed by atoms with Gasteiger partial charge in [-0.05, 0) is 61.6 Å². The van der Waals surface area contributed by atoms with Crippen molar-refractivity contribution in [2.75, 3.05) is 13.2 Å². The van der Waals surface area contributed by atoms with E-state index in [4.69, 9.17) is 10.5 Å². The van der Waals surface area contributed by atoms with Gasteiger partial charge in [-0.1, -0.05) is 20.8 Å². The first kappa shape index (κ1) is 15.8. The predicted molar refractivity (Wildman–Crippen MR) is 88.7 cm³/mol. The van der Waals surface area contributed by atoms with Gasteiger partial charge in [0.05, 0.1) is 12.1 Å². The molecule has 0 fully saturated rings. The number of pyridine rings is 1. The standard InChI is InChI=1S/C18H26N2O/c1-12(2)11-21-16-5-6-18-17(9-16)15(7-13(3)10-19)8-14(4)20-18/h5-6,8-9,12-13H,7,10-11,19H2,1-4H3. The Morgan fingerprint density at radius 2 is 1.95 bits per heavy atom. The van der Waals surface area contributed by atoms with Gasteiger partial charge in [0.25, 0.3) is 0 Å². The van der Waals surface area contributed by atoms with Crippen LogP contribution in [0.4, 0.5) is 0 Å². The summed E-state index contributed by atoms with van der Waals surface area (Å²) in [5, 5.41) is 1.18. The van der Waals surface area contributed by atoms with Crippen LogP contribution in [0.15, 0.2) is 24.3 Å². The van der Waals surface area contributed by atoms with E-state index in [1.165, 1.54) is 10.9 Å². The fourth-order valence-electron chi connectivity index (χ4n) is 2.40. The van der Waals surface area contributed by atoms with Gasteiger partial charge in [0, 0.05) is 11.1 Å². The second-order valence-corrected chi connectivity index (χ2v) is 6.35. The second kappa shape index (κ2) is 6.90. The van der Waals surface area contributed by atoms with Crippen molar-refractivity contribution in [3.05, 3.63) is 35.5 Å². The maximum absolute atomic E-state index is 5.84. The summed E-state index contributed by atoms with van der Waals surface area (Å²) < 4.78 is 5.84. The Hall–Kier alpha value is -1.61. The molecule has 0 aliphatic carbocycles. The molecule has 0 amide bonds. The molecule has 0 aliphatic heterocycles. The number of nitrogens with zero attached hydrogens (tertiary/aromatic N) is 1. The zero-order chi connectivity index (χ0) is 15.4. The summed E-state index contributed by atoms with van der Waals surface area (Å²) in [6.07, 6.45) is 0.976. The Balaban J connectivity index is 2.38. The minimum atomic E-state index is 0.468. The quantitative estimate of drug-likeness (QED) is 0.880. The Kier molecular flexibility index (Phi) is 5.18. The van der Waals surface area contributed by atoms with Crippen LogP contribution in [0.25, 0.3) is 10.9 Å². The van der Waals surface area contributed by atoms with E-state index in [9.17, 15) is 0 Å². The average Bonchev–Trinajstić information content (AvgIpc) is 2.44. The van der Waals surface area contributed by atoms with Crippen molar-refractivity contribution in [1.29, 1.82) is 0 Å². The van der Waals surface area contributed by atoms with Crippen LogP contribution >= 0.6 is 0 Å². The summed E-state index contributed by atoms with van der Waals surface area (Å²) >= 11 is 0. The Labute approximate surface area is 127 Å². The summed E-state index contributed by atoms with van der Waals surface area (Å²) in [5.74, 6) is 1.91. The number of aryl methyl sites for hydroxylation is 1. The molecule has 21 heavy (non-hydrogen) atoms. The Morgan fingerprint density at radius 1 is 1.19 bits per heavy atom. The number of fused-ring (bicyclic) bond motifs is 1. The molecule has 1 unspecified atom stereocenters. The molecule has 1 atom stereocenters. The molecule has 0 bridgehead atoms. The normalized spacial score (nSPS) is 12.9. The lowest BCUT2D eigenvalue weighted by Gasteiger charge is -2.14. The lowest BCUT2D eigenvalue weighted by molar-refractivity contribution is 0.271. The van der Waals surface area contributed by atoms with Crippen LogP contribution in [0.1, 0.15) is 32.0 Å². The molecule has 1 aromatic carbocycles. The SMILES string of the molecule is Cc1cc(CC(C)CN)c2cc(OCC(C)C)ccc2n1. The predicted octanol–water partition coefficient (Wildman–Crippen LogP) is 3.72. The smallest absolute Gasteiger partial charge is 0.120 e. The van der Waals surface area contributed by atoms with E-state index in [1.54, 1.807) is 0 Å². The van der Waals surface area contributed by atoms with Crippen molar-refractivity contribution in [2.24, 2.45) is 17.6 Å². The van der Waals surface area contributed by atoms with Gasteiger partial charge in [0.15, 0.2) is 0 Å². The van der Waals surface area contributed by atoms with Gasteiger partial charge in [0.1, 0.15) is 5.75 Å². The summed E-state index contributed by atoms with van der Waals surface area (Å²) in [6.45, 7) is 9.96. The van der Waals surface area contributed by atoms with Gasteiger partial charge >= 0.3 is 0 Å². The van der Waals surface area contributed by atoms with Crippen LogP contribution in [0.2, 0.25) is 0 Å². The van der Waals surface area contributed by atoms with Crippen LogP contribution in [-0.4, -0.2) is 18.1 Å². The van der Waals surface area contributed by atoms with E-state index in [0.29, 0.717) is 18.4 Å². The number of nitrogens with two attached hydrogens (primary N) is 1. The molecule has 0 spiro atoms. The minimum absolute atomic E-state index is 0.468. The largest absolute Gasteiger partial charge is 0.493 e. The third-order valence-corrected chi connectivity index (χ3v) is 3.55. The van der Waals surface area contributed by atoms with Crippen molar-refractivity contribution in [1.82, 2.24) is 4.98 Å². The number of aromatic nitrogens is 1. The molecular weight excluding hydrogens is 260 g/mol. The molecule has 0 radical (unpaired) electrons. The van der Waals surface area contributed by atoms with Crippen LogP contribution in [-0.2, 0) is 6.42 Å². The van der Waals surface area contributed by atoms with Gasteiger partial charge in [-0.15, -0.1) is 0 Å². The molecule has 0 aliphatic rings. The maximum Gasteiger partial charge on any atom is 0.120 e. The Morgan fingerprint density at radius 3 is 2.62 bits per heavy atom.